The van der Waals surface area contributed by atoms with Crippen molar-refractivity contribution >= 4 is 17.4 Å². The predicted molar refractivity (Wildman–Crippen MR) is 119 cm³/mol. The Labute approximate surface area is 176 Å². The molecule has 2 heterocycles. The number of aromatic nitrogens is 2. The molecule has 1 aliphatic rings. The summed E-state index contributed by atoms with van der Waals surface area (Å²) in [4.78, 5) is 14.8. The van der Waals surface area contributed by atoms with E-state index in [0.717, 1.165) is 54.4 Å². The van der Waals surface area contributed by atoms with Gasteiger partial charge >= 0.3 is 0 Å². The summed E-state index contributed by atoms with van der Waals surface area (Å²) in [6.45, 7) is 3.66. The molecule has 4 rings (SSSR count). The van der Waals surface area contributed by atoms with Crippen molar-refractivity contribution in [1.29, 1.82) is 0 Å². The monoisotopic (exact) mass is 402 g/mol. The number of ether oxygens (including phenoxy) is 1. The van der Waals surface area contributed by atoms with Gasteiger partial charge in [-0.05, 0) is 61.7 Å². The number of carbonyl (C=O) groups is 1. The third-order valence-corrected chi connectivity index (χ3v) is 5.62. The fourth-order valence-electron chi connectivity index (χ4n) is 3.79. The average molecular weight is 402 g/mol. The molecule has 3 aromatic rings. The van der Waals surface area contributed by atoms with E-state index in [2.05, 4.69) is 39.5 Å². The van der Waals surface area contributed by atoms with Gasteiger partial charge in [0.1, 0.15) is 5.75 Å². The van der Waals surface area contributed by atoms with Crippen molar-refractivity contribution in [3.63, 3.8) is 0 Å². The molecule has 0 radical (unpaired) electrons. The van der Waals surface area contributed by atoms with E-state index in [1.807, 2.05) is 48.5 Å². The van der Waals surface area contributed by atoms with Gasteiger partial charge in [-0.25, -0.2) is 0 Å². The van der Waals surface area contributed by atoms with E-state index in [1.54, 1.807) is 7.11 Å². The molecule has 1 saturated heterocycles. The van der Waals surface area contributed by atoms with Crippen LogP contribution in [0.15, 0.2) is 60.7 Å². The quantitative estimate of drug-likeness (QED) is 0.689. The van der Waals surface area contributed by atoms with Gasteiger partial charge in [0.05, 0.1) is 12.8 Å². The van der Waals surface area contributed by atoms with Crippen LogP contribution in [0.3, 0.4) is 0 Å². The maximum Gasteiger partial charge on any atom is 0.227 e. The Morgan fingerprint density at radius 2 is 1.73 bits per heavy atom. The number of methoxy groups -OCH3 is 1. The first-order valence-corrected chi connectivity index (χ1v) is 10.2. The van der Waals surface area contributed by atoms with Crippen LogP contribution in [0.4, 0.5) is 11.5 Å². The van der Waals surface area contributed by atoms with Crippen LogP contribution < -0.4 is 15.0 Å². The van der Waals surface area contributed by atoms with Crippen molar-refractivity contribution in [1.82, 2.24) is 10.2 Å². The summed E-state index contributed by atoms with van der Waals surface area (Å²) in [6.07, 6.45) is 1.59. The van der Waals surface area contributed by atoms with Crippen LogP contribution in [-0.2, 0) is 4.79 Å². The van der Waals surface area contributed by atoms with E-state index in [9.17, 15) is 4.79 Å². The summed E-state index contributed by atoms with van der Waals surface area (Å²) in [6, 6.07) is 19.6. The van der Waals surface area contributed by atoms with Crippen LogP contribution in [0, 0.1) is 12.8 Å². The lowest BCUT2D eigenvalue weighted by atomic mass is 9.95. The minimum Gasteiger partial charge on any atom is -0.497 e. The second-order valence-electron chi connectivity index (χ2n) is 7.57. The fraction of sp³-hybridized carbons (Fsp3) is 0.292. The zero-order valence-corrected chi connectivity index (χ0v) is 17.3. The first kappa shape index (κ1) is 19.9. The molecule has 0 atom stereocenters. The molecule has 154 valence electrons. The van der Waals surface area contributed by atoms with Gasteiger partial charge in [0.15, 0.2) is 5.82 Å². The van der Waals surface area contributed by atoms with E-state index in [1.165, 1.54) is 5.56 Å². The molecular weight excluding hydrogens is 376 g/mol. The van der Waals surface area contributed by atoms with Gasteiger partial charge in [-0.1, -0.05) is 24.3 Å². The molecule has 1 aromatic heterocycles. The average Bonchev–Trinajstić information content (AvgIpc) is 2.80. The van der Waals surface area contributed by atoms with Crippen molar-refractivity contribution in [3.05, 3.63) is 66.2 Å². The topological polar surface area (TPSA) is 67.3 Å². The molecule has 1 aliphatic heterocycles. The van der Waals surface area contributed by atoms with E-state index < -0.39 is 0 Å². The zero-order valence-electron chi connectivity index (χ0n) is 17.3. The number of nitrogens with one attached hydrogen (secondary N) is 1. The first-order chi connectivity index (χ1) is 14.6. The Kier molecular flexibility index (Phi) is 5.93. The lowest BCUT2D eigenvalue weighted by molar-refractivity contribution is -0.120. The summed E-state index contributed by atoms with van der Waals surface area (Å²) in [7, 11) is 1.63. The maximum atomic E-state index is 12.6. The molecule has 2 aromatic carbocycles. The second-order valence-corrected chi connectivity index (χ2v) is 7.57. The number of anilines is 2. The van der Waals surface area contributed by atoms with Crippen molar-refractivity contribution in [3.8, 4) is 17.0 Å². The minimum absolute atomic E-state index is 0.00236. The standard InChI is InChI=1S/C24H26N4O2/c1-17-5-3-4-6-21(17)22-11-12-23(27-26-22)28-15-13-18(14-16-28)24(29)25-19-7-9-20(30-2)10-8-19/h3-12,18H,13-16H2,1-2H3,(H,25,29). The van der Waals surface area contributed by atoms with Crippen molar-refractivity contribution in [2.24, 2.45) is 5.92 Å². The largest absolute Gasteiger partial charge is 0.497 e. The molecule has 0 unspecified atom stereocenters. The van der Waals surface area contributed by atoms with Gasteiger partial charge in [0, 0.05) is 30.3 Å². The molecule has 1 fully saturated rings. The smallest absolute Gasteiger partial charge is 0.227 e. The number of hydrogen-bond acceptors (Lipinski definition) is 5. The third kappa shape index (κ3) is 4.43. The predicted octanol–water partition coefficient (Wildman–Crippen LogP) is 4.32. The summed E-state index contributed by atoms with van der Waals surface area (Å²) in [5.41, 5.74) is 3.96. The highest BCUT2D eigenvalue weighted by molar-refractivity contribution is 5.92. The van der Waals surface area contributed by atoms with Crippen LogP contribution in [0.25, 0.3) is 11.3 Å². The van der Waals surface area contributed by atoms with Crippen LogP contribution >= 0.6 is 0 Å². The van der Waals surface area contributed by atoms with Gasteiger partial charge in [-0.2, -0.15) is 0 Å². The summed E-state index contributed by atoms with van der Waals surface area (Å²) in [5.74, 6) is 1.71. The van der Waals surface area contributed by atoms with Gasteiger partial charge in [-0.15, -0.1) is 10.2 Å². The molecule has 6 heteroatoms. The SMILES string of the molecule is COc1ccc(NC(=O)C2CCN(c3ccc(-c4ccccc4C)nn3)CC2)cc1. The molecule has 0 spiro atoms. The van der Waals surface area contributed by atoms with Gasteiger partial charge < -0.3 is 15.0 Å². The zero-order chi connectivity index (χ0) is 20.9. The number of aryl methyl sites for hydroxylation is 1. The van der Waals surface area contributed by atoms with Gasteiger partial charge in [-0.3, -0.25) is 4.79 Å². The van der Waals surface area contributed by atoms with Gasteiger partial charge in [0.25, 0.3) is 0 Å². The Balaban J connectivity index is 1.33. The molecule has 6 nitrogen and oxygen atoms in total. The van der Waals surface area contributed by atoms with Crippen LogP contribution in [-0.4, -0.2) is 36.3 Å². The lowest BCUT2D eigenvalue weighted by Gasteiger charge is -2.31. The van der Waals surface area contributed by atoms with Crippen LogP contribution in [0.5, 0.6) is 5.75 Å². The molecule has 0 aliphatic carbocycles. The number of piperidine rings is 1. The number of carbonyl (C=O) groups excluding carboxylic acids is 1. The highest BCUT2D eigenvalue weighted by atomic mass is 16.5. The summed E-state index contributed by atoms with van der Waals surface area (Å²) in [5, 5.41) is 11.9. The summed E-state index contributed by atoms with van der Waals surface area (Å²) < 4.78 is 5.15. The maximum absolute atomic E-state index is 12.6. The Morgan fingerprint density at radius 3 is 2.37 bits per heavy atom. The normalized spacial score (nSPS) is 14.4. The van der Waals surface area contributed by atoms with E-state index in [-0.39, 0.29) is 11.8 Å². The first-order valence-electron chi connectivity index (χ1n) is 10.2. The Hall–Kier alpha value is -3.41. The highest BCUT2D eigenvalue weighted by Gasteiger charge is 2.26. The van der Waals surface area contributed by atoms with Crippen molar-refractivity contribution < 1.29 is 9.53 Å². The minimum atomic E-state index is 0.00236. The van der Waals surface area contributed by atoms with E-state index in [0.29, 0.717) is 0 Å². The Morgan fingerprint density at radius 1 is 1.00 bits per heavy atom. The molecule has 1 N–H and O–H groups in total. The second kappa shape index (κ2) is 8.95. The fourth-order valence-corrected chi connectivity index (χ4v) is 3.79. The van der Waals surface area contributed by atoms with E-state index in [4.69, 9.17) is 4.74 Å². The van der Waals surface area contributed by atoms with E-state index >= 15 is 0 Å². The third-order valence-electron chi connectivity index (χ3n) is 5.62. The Bertz CT molecular complexity index is 994. The summed E-state index contributed by atoms with van der Waals surface area (Å²) >= 11 is 0. The molecule has 30 heavy (non-hydrogen) atoms. The van der Waals surface area contributed by atoms with Crippen molar-refractivity contribution in [2.45, 2.75) is 19.8 Å². The van der Waals surface area contributed by atoms with Crippen molar-refractivity contribution in [2.75, 3.05) is 30.4 Å². The van der Waals surface area contributed by atoms with Crippen LogP contribution in [0.1, 0.15) is 18.4 Å². The molecular formula is C24H26N4O2. The molecule has 1 amide bonds. The number of amides is 1. The highest BCUT2D eigenvalue weighted by Crippen LogP contribution is 2.26. The number of rotatable bonds is 5. The number of hydrogen-bond donors (Lipinski definition) is 1. The molecule has 0 saturated carbocycles. The molecule has 0 bridgehead atoms. The number of benzene rings is 2. The number of nitrogens with zero attached hydrogens (tertiary/aromatic N) is 3. The van der Waals surface area contributed by atoms with Crippen LogP contribution in [0.2, 0.25) is 0 Å². The lowest BCUT2D eigenvalue weighted by Crippen LogP contribution is -2.38. The van der Waals surface area contributed by atoms with Gasteiger partial charge in [0.2, 0.25) is 5.91 Å².